The molecule has 98 valence electrons. The van der Waals surface area contributed by atoms with E-state index in [1.165, 1.54) is 0 Å². The van der Waals surface area contributed by atoms with Crippen LogP contribution in [0.3, 0.4) is 0 Å². The first kappa shape index (κ1) is 12.0. The zero-order valence-electron chi connectivity index (χ0n) is 10.8. The number of carbonyl (C=O) groups excluding carboxylic acids is 1. The van der Waals surface area contributed by atoms with Gasteiger partial charge in [0.1, 0.15) is 0 Å². The van der Waals surface area contributed by atoms with Gasteiger partial charge in [-0.25, -0.2) is 0 Å². The largest absolute Gasteiger partial charge is 0.336 e. The number of nitrogens with one attached hydrogen (secondary N) is 1. The van der Waals surface area contributed by atoms with Crippen molar-refractivity contribution < 1.29 is 4.79 Å². The van der Waals surface area contributed by atoms with Crippen LogP contribution in [-0.4, -0.2) is 46.5 Å². The predicted octanol–water partition coefficient (Wildman–Crippen LogP) is 1.06. The first-order valence-corrected chi connectivity index (χ1v) is 6.47. The van der Waals surface area contributed by atoms with Crippen LogP contribution < -0.4 is 5.32 Å². The Morgan fingerprint density at radius 3 is 2.89 bits per heavy atom. The van der Waals surface area contributed by atoms with Crippen molar-refractivity contribution in [3.63, 3.8) is 0 Å². The van der Waals surface area contributed by atoms with Gasteiger partial charge in [0, 0.05) is 43.6 Å². The molecule has 1 atom stereocenters. The molecular formula is C14H16N4O. The second-order valence-electron chi connectivity index (χ2n) is 4.87. The highest BCUT2D eigenvalue weighted by molar-refractivity contribution is 5.97. The van der Waals surface area contributed by atoms with Crippen LogP contribution in [0.25, 0.3) is 11.0 Å². The van der Waals surface area contributed by atoms with Gasteiger partial charge >= 0.3 is 0 Å². The van der Waals surface area contributed by atoms with Crippen molar-refractivity contribution in [3.05, 3.63) is 36.2 Å². The summed E-state index contributed by atoms with van der Waals surface area (Å²) in [7, 11) is 0. The number of fused-ring (bicyclic) bond motifs is 1. The molecule has 1 saturated heterocycles. The van der Waals surface area contributed by atoms with Gasteiger partial charge in [-0.3, -0.25) is 14.8 Å². The highest BCUT2D eigenvalue weighted by Gasteiger charge is 2.21. The lowest BCUT2D eigenvalue weighted by Crippen LogP contribution is -2.51. The lowest BCUT2D eigenvalue weighted by molar-refractivity contribution is 0.0709. The maximum absolute atomic E-state index is 12.4. The van der Waals surface area contributed by atoms with E-state index in [0.717, 1.165) is 30.7 Å². The zero-order chi connectivity index (χ0) is 13.2. The first-order chi connectivity index (χ1) is 9.24. The minimum Gasteiger partial charge on any atom is -0.336 e. The van der Waals surface area contributed by atoms with Crippen molar-refractivity contribution in [2.24, 2.45) is 0 Å². The standard InChI is InChI=1S/C14H16N4O/c1-10-9-18(7-6-15-10)14(19)11-2-3-12-13(8-11)17-5-4-16-12/h2-5,8,10,15H,6-7,9H2,1H3. The third kappa shape index (κ3) is 2.42. The van der Waals surface area contributed by atoms with Crippen LogP contribution in [0.4, 0.5) is 0 Å². The summed E-state index contributed by atoms with van der Waals surface area (Å²) >= 11 is 0. The quantitative estimate of drug-likeness (QED) is 0.829. The number of rotatable bonds is 1. The number of carbonyl (C=O) groups is 1. The summed E-state index contributed by atoms with van der Waals surface area (Å²) in [6.45, 7) is 4.44. The average molecular weight is 256 g/mol. The van der Waals surface area contributed by atoms with E-state index in [-0.39, 0.29) is 5.91 Å². The molecule has 0 saturated carbocycles. The van der Waals surface area contributed by atoms with Gasteiger partial charge in [0.15, 0.2) is 0 Å². The van der Waals surface area contributed by atoms with E-state index >= 15 is 0 Å². The van der Waals surface area contributed by atoms with E-state index in [1.54, 1.807) is 12.4 Å². The summed E-state index contributed by atoms with van der Waals surface area (Å²) < 4.78 is 0. The Morgan fingerprint density at radius 1 is 1.32 bits per heavy atom. The van der Waals surface area contributed by atoms with Crippen molar-refractivity contribution in [1.82, 2.24) is 20.2 Å². The lowest BCUT2D eigenvalue weighted by Gasteiger charge is -2.32. The van der Waals surface area contributed by atoms with Crippen LogP contribution in [-0.2, 0) is 0 Å². The molecule has 1 aromatic carbocycles. The first-order valence-electron chi connectivity index (χ1n) is 6.47. The molecule has 1 fully saturated rings. The fourth-order valence-electron chi connectivity index (χ4n) is 2.40. The van der Waals surface area contributed by atoms with E-state index in [4.69, 9.17) is 0 Å². The fourth-order valence-corrected chi connectivity index (χ4v) is 2.40. The molecule has 1 aliphatic heterocycles. The Balaban J connectivity index is 1.88. The molecule has 5 heteroatoms. The Labute approximate surface area is 111 Å². The third-order valence-corrected chi connectivity index (χ3v) is 3.37. The Morgan fingerprint density at radius 2 is 2.11 bits per heavy atom. The SMILES string of the molecule is CC1CN(C(=O)c2ccc3nccnc3c2)CCN1. The van der Waals surface area contributed by atoms with Crippen molar-refractivity contribution >= 4 is 16.9 Å². The van der Waals surface area contributed by atoms with E-state index in [0.29, 0.717) is 11.6 Å². The summed E-state index contributed by atoms with van der Waals surface area (Å²) in [5.74, 6) is 0.0703. The number of benzene rings is 1. The molecular weight excluding hydrogens is 240 g/mol. The molecule has 1 aliphatic rings. The molecule has 1 aromatic heterocycles. The smallest absolute Gasteiger partial charge is 0.254 e. The molecule has 0 spiro atoms. The molecule has 19 heavy (non-hydrogen) atoms. The van der Waals surface area contributed by atoms with Crippen molar-refractivity contribution in [1.29, 1.82) is 0 Å². The predicted molar refractivity (Wildman–Crippen MR) is 72.9 cm³/mol. The van der Waals surface area contributed by atoms with Crippen molar-refractivity contribution in [2.75, 3.05) is 19.6 Å². The molecule has 3 rings (SSSR count). The van der Waals surface area contributed by atoms with Gasteiger partial charge in [0.25, 0.3) is 5.91 Å². The van der Waals surface area contributed by atoms with Crippen LogP contribution >= 0.6 is 0 Å². The second kappa shape index (κ2) is 4.93. The number of amides is 1. The summed E-state index contributed by atoms with van der Waals surface area (Å²) in [6.07, 6.45) is 3.30. The van der Waals surface area contributed by atoms with Crippen LogP contribution in [0.15, 0.2) is 30.6 Å². The molecule has 0 bridgehead atoms. The van der Waals surface area contributed by atoms with Gasteiger partial charge in [-0.1, -0.05) is 0 Å². The molecule has 0 aliphatic carbocycles. The number of nitrogens with zero attached hydrogens (tertiary/aromatic N) is 3. The summed E-state index contributed by atoms with van der Waals surface area (Å²) in [5, 5.41) is 3.33. The Bertz CT molecular complexity index is 613. The summed E-state index contributed by atoms with van der Waals surface area (Å²) in [4.78, 5) is 22.8. The van der Waals surface area contributed by atoms with E-state index in [1.807, 2.05) is 23.1 Å². The van der Waals surface area contributed by atoms with E-state index in [9.17, 15) is 4.79 Å². The summed E-state index contributed by atoms with van der Waals surface area (Å²) in [5.41, 5.74) is 2.26. The number of aromatic nitrogens is 2. The molecule has 5 nitrogen and oxygen atoms in total. The van der Waals surface area contributed by atoms with Gasteiger partial charge < -0.3 is 10.2 Å². The van der Waals surface area contributed by atoms with E-state index in [2.05, 4.69) is 22.2 Å². The molecule has 1 N–H and O–H groups in total. The highest BCUT2D eigenvalue weighted by Crippen LogP contribution is 2.14. The maximum Gasteiger partial charge on any atom is 0.254 e. The Kier molecular flexibility index (Phi) is 3.13. The Hall–Kier alpha value is -2.01. The normalized spacial score (nSPS) is 19.6. The minimum atomic E-state index is 0.0703. The monoisotopic (exact) mass is 256 g/mol. The van der Waals surface area contributed by atoms with Gasteiger partial charge in [-0.2, -0.15) is 0 Å². The number of hydrogen-bond donors (Lipinski definition) is 1. The van der Waals surface area contributed by atoms with Crippen LogP contribution in [0.1, 0.15) is 17.3 Å². The minimum absolute atomic E-state index is 0.0703. The molecule has 2 heterocycles. The maximum atomic E-state index is 12.4. The van der Waals surface area contributed by atoms with Crippen molar-refractivity contribution in [2.45, 2.75) is 13.0 Å². The van der Waals surface area contributed by atoms with Crippen LogP contribution in [0, 0.1) is 0 Å². The van der Waals surface area contributed by atoms with Crippen LogP contribution in [0.2, 0.25) is 0 Å². The van der Waals surface area contributed by atoms with Crippen LogP contribution in [0.5, 0.6) is 0 Å². The van der Waals surface area contributed by atoms with Gasteiger partial charge in [-0.05, 0) is 25.1 Å². The summed E-state index contributed by atoms with van der Waals surface area (Å²) in [6, 6.07) is 5.84. The molecule has 0 radical (unpaired) electrons. The molecule has 1 amide bonds. The lowest BCUT2D eigenvalue weighted by atomic mass is 10.1. The number of hydrogen-bond acceptors (Lipinski definition) is 4. The second-order valence-corrected chi connectivity index (χ2v) is 4.87. The third-order valence-electron chi connectivity index (χ3n) is 3.37. The topological polar surface area (TPSA) is 58.1 Å². The van der Waals surface area contributed by atoms with Gasteiger partial charge in [-0.15, -0.1) is 0 Å². The van der Waals surface area contributed by atoms with Crippen molar-refractivity contribution in [3.8, 4) is 0 Å². The molecule has 2 aromatic rings. The van der Waals surface area contributed by atoms with Gasteiger partial charge in [0.05, 0.1) is 11.0 Å². The number of piperazine rings is 1. The average Bonchev–Trinajstić information content (AvgIpc) is 2.46. The highest BCUT2D eigenvalue weighted by atomic mass is 16.2. The molecule has 1 unspecified atom stereocenters. The fraction of sp³-hybridized carbons (Fsp3) is 0.357. The van der Waals surface area contributed by atoms with E-state index < -0.39 is 0 Å². The zero-order valence-corrected chi connectivity index (χ0v) is 10.8. The van der Waals surface area contributed by atoms with Gasteiger partial charge in [0.2, 0.25) is 0 Å².